The Hall–Kier alpha value is -2.34. The molecule has 0 radical (unpaired) electrons. The van der Waals surface area contributed by atoms with E-state index >= 15 is 0 Å². The maximum atomic E-state index is 13.1. The molecular weight excluding hydrogens is 322 g/mol. The van der Waals surface area contributed by atoms with Crippen molar-refractivity contribution in [2.24, 2.45) is 0 Å². The molecule has 6 heteroatoms. The Morgan fingerprint density at radius 2 is 1.92 bits per heavy atom. The number of fused-ring (bicyclic) bond motifs is 1. The second kappa shape index (κ2) is 5.94. The van der Waals surface area contributed by atoms with Crippen LogP contribution in [0.15, 0.2) is 41.8 Å². The van der Waals surface area contributed by atoms with Crippen molar-refractivity contribution < 1.29 is 9.59 Å². The van der Waals surface area contributed by atoms with Gasteiger partial charge < -0.3 is 5.32 Å². The lowest BCUT2D eigenvalue weighted by Crippen LogP contribution is -2.66. The van der Waals surface area contributed by atoms with E-state index in [2.05, 4.69) is 10.7 Å². The van der Waals surface area contributed by atoms with Crippen LogP contribution in [0.4, 0.5) is 5.69 Å². The monoisotopic (exact) mass is 341 g/mol. The number of amides is 2. The summed E-state index contributed by atoms with van der Waals surface area (Å²) in [4.78, 5) is 26.2. The van der Waals surface area contributed by atoms with Crippen molar-refractivity contribution in [3.63, 3.8) is 0 Å². The van der Waals surface area contributed by atoms with Crippen LogP contribution in [0, 0.1) is 0 Å². The minimum Gasteiger partial charge on any atom is -0.361 e. The first-order chi connectivity index (χ1) is 11.7. The maximum Gasteiger partial charge on any atom is 0.280 e. The Morgan fingerprint density at radius 3 is 2.67 bits per heavy atom. The number of carbonyl (C=O) groups is 2. The van der Waals surface area contributed by atoms with Gasteiger partial charge in [0.05, 0.1) is 10.4 Å². The molecule has 1 aliphatic heterocycles. The number of hydrazine groups is 1. The van der Waals surface area contributed by atoms with Crippen LogP contribution in [-0.2, 0) is 0 Å². The first-order valence-corrected chi connectivity index (χ1v) is 9.14. The Bertz CT molecular complexity index is 766. The van der Waals surface area contributed by atoms with Gasteiger partial charge in [-0.2, -0.15) is 0 Å². The molecule has 124 valence electrons. The topological polar surface area (TPSA) is 61.4 Å². The molecule has 2 aromatic rings. The highest BCUT2D eigenvalue weighted by atomic mass is 32.1. The van der Waals surface area contributed by atoms with E-state index in [9.17, 15) is 9.59 Å². The fourth-order valence-electron chi connectivity index (χ4n) is 3.61. The first kappa shape index (κ1) is 15.2. The molecule has 2 heterocycles. The average molecular weight is 341 g/mol. The van der Waals surface area contributed by atoms with E-state index in [4.69, 9.17) is 0 Å². The van der Waals surface area contributed by atoms with E-state index < -0.39 is 5.66 Å². The van der Waals surface area contributed by atoms with E-state index in [1.165, 1.54) is 16.3 Å². The highest BCUT2D eigenvalue weighted by molar-refractivity contribution is 7.12. The zero-order valence-electron chi connectivity index (χ0n) is 13.2. The summed E-state index contributed by atoms with van der Waals surface area (Å²) in [6.45, 7) is 0. The summed E-state index contributed by atoms with van der Waals surface area (Å²) in [6.07, 6.45) is 4.89. The predicted molar refractivity (Wildman–Crippen MR) is 93.8 cm³/mol. The molecule has 1 aliphatic carbocycles. The quantitative estimate of drug-likeness (QED) is 0.877. The van der Waals surface area contributed by atoms with Crippen molar-refractivity contribution in [1.29, 1.82) is 0 Å². The molecule has 0 atom stereocenters. The highest BCUT2D eigenvalue weighted by Gasteiger charge is 2.46. The minimum absolute atomic E-state index is 0.142. The second-order valence-corrected chi connectivity index (χ2v) is 7.27. The number of rotatable bonds is 2. The molecule has 0 saturated heterocycles. The number of carbonyl (C=O) groups excluding carboxylic acids is 2. The van der Waals surface area contributed by atoms with Crippen LogP contribution in [-0.4, -0.2) is 22.5 Å². The van der Waals surface area contributed by atoms with Crippen molar-refractivity contribution in [2.45, 2.75) is 37.8 Å². The first-order valence-electron chi connectivity index (χ1n) is 8.26. The van der Waals surface area contributed by atoms with E-state index in [0.29, 0.717) is 10.4 Å². The lowest BCUT2D eigenvalue weighted by molar-refractivity contribution is 0.0161. The van der Waals surface area contributed by atoms with Crippen molar-refractivity contribution >= 4 is 28.8 Å². The Morgan fingerprint density at radius 1 is 1.12 bits per heavy atom. The molecule has 2 aliphatic rings. The summed E-state index contributed by atoms with van der Waals surface area (Å²) >= 11 is 1.37. The molecule has 5 nitrogen and oxygen atoms in total. The normalized spacial score (nSPS) is 18.8. The van der Waals surface area contributed by atoms with Gasteiger partial charge in [-0.05, 0) is 49.3 Å². The van der Waals surface area contributed by atoms with Crippen LogP contribution in [0.1, 0.15) is 52.1 Å². The van der Waals surface area contributed by atoms with Gasteiger partial charge in [-0.15, -0.1) is 11.3 Å². The molecule has 4 rings (SSSR count). The second-order valence-electron chi connectivity index (χ2n) is 6.32. The van der Waals surface area contributed by atoms with Gasteiger partial charge in [0.1, 0.15) is 5.66 Å². The van der Waals surface area contributed by atoms with Gasteiger partial charge in [-0.3, -0.25) is 15.0 Å². The third kappa shape index (κ3) is 2.47. The zero-order chi connectivity index (χ0) is 16.6. The smallest absolute Gasteiger partial charge is 0.280 e. The number of hydrogen-bond donors (Lipinski definition) is 2. The van der Waals surface area contributed by atoms with Crippen molar-refractivity contribution in [3.05, 3.63) is 52.2 Å². The van der Waals surface area contributed by atoms with Gasteiger partial charge in [0.2, 0.25) is 0 Å². The fraction of sp³-hybridized carbons (Fsp3) is 0.333. The van der Waals surface area contributed by atoms with Gasteiger partial charge in [0.25, 0.3) is 11.8 Å². The van der Waals surface area contributed by atoms with Gasteiger partial charge >= 0.3 is 0 Å². The zero-order valence-corrected chi connectivity index (χ0v) is 14.1. The molecule has 0 unspecified atom stereocenters. The van der Waals surface area contributed by atoms with Gasteiger partial charge in [-0.25, -0.2) is 5.01 Å². The number of para-hydroxylation sites is 1. The van der Waals surface area contributed by atoms with Crippen molar-refractivity contribution in [2.75, 3.05) is 5.32 Å². The maximum absolute atomic E-state index is 13.1. The van der Waals surface area contributed by atoms with Crippen LogP contribution < -0.4 is 10.7 Å². The number of anilines is 1. The van der Waals surface area contributed by atoms with Crippen molar-refractivity contribution in [1.82, 2.24) is 10.4 Å². The molecule has 1 spiro atoms. The number of thiophene rings is 1. The number of benzene rings is 1. The molecule has 0 bridgehead atoms. The highest BCUT2D eigenvalue weighted by Crippen LogP contribution is 2.39. The molecule has 1 aromatic carbocycles. The Kier molecular flexibility index (Phi) is 3.76. The Labute approximate surface area is 144 Å². The summed E-state index contributed by atoms with van der Waals surface area (Å²) in [5, 5.41) is 6.93. The summed E-state index contributed by atoms with van der Waals surface area (Å²) in [6, 6.07) is 11.1. The molecule has 2 N–H and O–H groups in total. The van der Waals surface area contributed by atoms with Gasteiger partial charge in [0.15, 0.2) is 0 Å². The lowest BCUT2D eigenvalue weighted by Gasteiger charge is -2.49. The van der Waals surface area contributed by atoms with Crippen molar-refractivity contribution in [3.8, 4) is 0 Å². The molecule has 1 fully saturated rings. The van der Waals surface area contributed by atoms with Gasteiger partial charge in [0, 0.05) is 5.69 Å². The number of hydrogen-bond acceptors (Lipinski definition) is 4. The van der Waals surface area contributed by atoms with Gasteiger partial charge in [-0.1, -0.05) is 24.6 Å². The van der Waals surface area contributed by atoms with Crippen LogP contribution in [0.5, 0.6) is 0 Å². The summed E-state index contributed by atoms with van der Waals surface area (Å²) in [7, 11) is 0. The summed E-state index contributed by atoms with van der Waals surface area (Å²) in [5.41, 5.74) is 3.78. The van der Waals surface area contributed by atoms with Crippen LogP contribution in [0.25, 0.3) is 0 Å². The molecule has 2 amide bonds. The number of nitrogens with one attached hydrogen (secondary N) is 2. The third-order valence-electron chi connectivity index (χ3n) is 4.79. The van der Waals surface area contributed by atoms with Crippen LogP contribution >= 0.6 is 11.3 Å². The van der Waals surface area contributed by atoms with E-state index in [-0.39, 0.29) is 11.8 Å². The van der Waals surface area contributed by atoms with Crippen LogP contribution in [0.2, 0.25) is 0 Å². The molecule has 1 saturated carbocycles. The van der Waals surface area contributed by atoms with E-state index in [1.54, 1.807) is 12.1 Å². The lowest BCUT2D eigenvalue weighted by atomic mass is 9.85. The third-order valence-corrected chi connectivity index (χ3v) is 5.66. The fourth-order valence-corrected chi connectivity index (χ4v) is 4.22. The molecule has 1 aromatic heterocycles. The van der Waals surface area contributed by atoms with E-state index in [0.717, 1.165) is 37.8 Å². The minimum atomic E-state index is -0.531. The number of nitrogens with zero attached hydrogens (tertiary/aromatic N) is 1. The largest absolute Gasteiger partial charge is 0.361 e. The Balaban J connectivity index is 1.71. The SMILES string of the molecule is O=C(NN1C(=O)c2ccccc2NC12CCCCC2)c1cccs1. The molecule has 24 heavy (non-hydrogen) atoms. The molecular formula is C18H19N3O2S. The predicted octanol–water partition coefficient (Wildman–Crippen LogP) is 3.62. The summed E-state index contributed by atoms with van der Waals surface area (Å²) in [5.74, 6) is -0.374. The average Bonchev–Trinajstić information content (AvgIpc) is 3.14. The standard InChI is InChI=1S/C18H19N3O2S/c22-16(15-9-6-12-24-15)20-21-17(23)13-7-2-3-8-14(13)19-18(21)10-4-1-5-11-18/h2-3,6-9,12,19H,1,4-5,10-11H2,(H,20,22). The van der Waals surface area contributed by atoms with E-state index in [1.807, 2.05) is 29.6 Å². The van der Waals surface area contributed by atoms with Crippen LogP contribution in [0.3, 0.4) is 0 Å². The summed E-state index contributed by atoms with van der Waals surface area (Å²) < 4.78 is 0.